The van der Waals surface area contributed by atoms with Crippen molar-refractivity contribution in [1.82, 2.24) is 5.32 Å². The van der Waals surface area contributed by atoms with Gasteiger partial charge in [-0.1, -0.05) is 55.5 Å². The van der Waals surface area contributed by atoms with Crippen LogP contribution in [0.5, 0.6) is 5.75 Å². The van der Waals surface area contributed by atoms with E-state index in [-0.39, 0.29) is 29.1 Å². The lowest BCUT2D eigenvalue weighted by Gasteiger charge is -2.26. The average Bonchev–Trinajstić information content (AvgIpc) is 2.86. The second kappa shape index (κ2) is 11.9. The first-order chi connectivity index (χ1) is 16.7. The van der Waals surface area contributed by atoms with Gasteiger partial charge in [0.2, 0.25) is 5.91 Å². The summed E-state index contributed by atoms with van der Waals surface area (Å²) in [7, 11) is -2.64. The van der Waals surface area contributed by atoms with Crippen LogP contribution in [-0.2, 0) is 27.7 Å². The number of aryl methyl sites for hydroxylation is 3. The molecule has 0 saturated carbocycles. The topological polar surface area (TPSA) is 75.7 Å². The first-order valence-corrected chi connectivity index (χ1v) is 13.3. The fourth-order valence-corrected chi connectivity index (χ4v) is 5.53. The Morgan fingerprint density at radius 2 is 1.69 bits per heavy atom. The molecule has 0 aromatic heterocycles. The summed E-state index contributed by atoms with van der Waals surface area (Å²) in [5, 5.41) is 2.96. The summed E-state index contributed by atoms with van der Waals surface area (Å²) in [5.74, 6) is -0.122. The molecule has 0 radical (unpaired) electrons. The van der Waals surface area contributed by atoms with E-state index in [0.29, 0.717) is 5.69 Å². The van der Waals surface area contributed by atoms with E-state index < -0.39 is 10.0 Å². The minimum Gasteiger partial charge on any atom is -0.495 e. The van der Waals surface area contributed by atoms with Gasteiger partial charge in [0.1, 0.15) is 17.2 Å². The smallest absolute Gasteiger partial charge is 0.268 e. The van der Waals surface area contributed by atoms with Crippen molar-refractivity contribution in [3.63, 3.8) is 0 Å². The number of hydrogen-bond acceptors (Lipinski definition) is 4. The highest BCUT2D eigenvalue weighted by Crippen LogP contribution is 2.31. The van der Waals surface area contributed by atoms with Crippen LogP contribution in [0.1, 0.15) is 37.0 Å². The molecule has 0 saturated heterocycles. The number of nitrogens with one attached hydrogen (secondary N) is 1. The van der Waals surface area contributed by atoms with Crippen LogP contribution >= 0.6 is 0 Å². The molecule has 0 aliphatic heterocycles. The summed E-state index contributed by atoms with van der Waals surface area (Å²) in [6.45, 7) is 5.45. The minimum atomic E-state index is -4.08. The fourth-order valence-electron chi connectivity index (χ4n) is 3.87. The number of amides is 1. The number of ether oxygens (including phenoxy) is 1. The third-order valence-corrected chi connectivity index (χ3v) is 7.72. The highest BCUT2D eigenvalue weighted by molar-refractivity contribution is 7.93. The molecule has 1 amide bonds. The summed E-state index contributed by atoms with van der Waals surface area (Å²) < 4.78 is 34.1. The lowest BCUT2D eigenvalue weighted by Crippen LogP contribution is -2.43. The Kier molecular flexibility index (Phi) is 8.93. The molecule has 6 nitrogen and oxygen atoms in total. The molecule has 3 aromatic rings. The van der Waals surface area contributed by atoms with Crippen molar-refractivity contribution in [1.29, 1.82) is 0 Å². The van der Waals surface area contributed by atoms with Gasteiger partial charge in [-0.2, -0.15) is 0 Å². The van der Waals surface area contributed by atoms with Crippen molar-refractivity contribution in [2.75, 3.05) is 18.0 Å². The van der Waals surface area contributed by atoms with E-state index in [1.54, 1.807) is 30.3 Å². The van der Waals surface area contributed by atoms with Crippen LogP contribution in [0.4, 0.5) is 5.69 Å². The van der Waals surface area contributed by atoms with Crippen molar-refractivity contribution in [3.05, 3.63) is 89.5 Å². The van der Waals surface area contributed by atoms with Crippen molar-refractivity contribution in [3.8, 4) is 5.75 Å². The van der Waals surface area contributed by atoms with Crippen molar-refractivity contribution >= 4 is 21.6 Å². The molecule has 0 bridgehead atoms. The number of hydrogen-bond donors (Lipinski definition) is 1. The quantitative estimate of drug-likeness (QED) is 0.411. The summed E-state index contributed by atoms with van der Waals surface area (Å²) in [6, 6.07) is 22.2. The maximum atomic E-state index is 13.8. The molecular formula is C28H34N2O4S. The van der Waals surface area contributed by atoms with Gasteiger partial charge in [-0.15, -0.1) is 0 Å². The molecule has 3 rings (SSSR count). The third kappa shape index (κ3) is 6.85. The van der Waals surface area contributed by atoms with Gasteiger partial charge in [0.15, 0.2) is 0 Å². The summed E-state index contributed by atoms with van der Waals surface area (Å²) in [5.41, 5.74) is 3.49. The lowest BCUT2D eigenvalue weighted by molar-refractivity contribution is -0.120. The average molecular weight is 495 g/mol. The molecular weight excluding hydrogens is 460 g/mol. The molecule has 0 unspecified atom stereocenters. The van der Waals surface area contributed by atoms with E-state index in [4.69, 9.17) is 4.74 Å². The van der Waals surface area contributed by atoms with Gasteiger partial charge in [-0.25, -0.2) is 8.42 Å². The van der Waals surface area contributed by atoms with Gasteiger partial charge in [-0.05, 0) is 74.1 Å². The number of nitrogens with zero attached hydrogens (tertiary/aromatic N) is 1. The first-order valence-electron chi connectivity index (χ1n) is 11.8. The van der Waals surface area contributed by atoms with Crippen LogP contribution in [0.25, 0.3) is 0 Å². The molecule has 7 heteroatoms. The number of anilines is 1. The highest BCUT2D eigenvalue weighted by Gasteiger charge is 2.30. The third-order valence-electron chi connectivity index (χ3n) is 5.92. The molecule has 0 spiro atoms. The zero-order chi connectivity index (χ0) is 25.4. The zero-order valence-corrected chi connectivity index (χ0v) is 21.6. The Balaban J connectivity index is 1.84. The Hall–Kier alpha value is -3.32. The van der Waals surface area contributed by atoms with Crippen molar-refractivity contribution in [2.24, 2.45) is 0 Å². The van der Waals surface area contributed by atoms with Crippen molar-refractivity contribution in [2.45, 2.75) is 51.0 Å². The minimum absolute atomic E-state index is 0.0319. The summed E-state index contributed by atoms with van der Waals surface area (Å²) in [6.07, 6.45) is 2.40. The maximum absolute atomic E-state index is 13.8. The molecule has 35 heavy (non-hydrogen) atoms. The van der Waals surface area contributed by atoms with Gasteiger partial charge in [0.25, 0.3) is 10.0 Å². The van der Waals surface area contributed by atoms with E-state index in [0.717, 1.165) is 34.7 Å². The van der Waals surface area contributed by atoms with Crippen LogP contribution in [0.2, 0.25) is 0 Å². The first kappa shape index (κ1) is 26.3. The van der Waals surface area contributed by atoms with Crippen LogP contribution in [0, 0.1) is 6.92 Å². The van der Waals surface area contributed by atoms with E-state index in [1.807, 2.05) is 51.1 Å². The largest absolute Gasteiger partial charge is 0.495 e. The molecule has 0 fully saturated rings. The van der Waals surface area contributed by atoms with Gasteiger partial charge in [-0.3, -0.25) is 9.10 Å². The van der Waals surface area contributed by atoms with E-state index in [1.165, 1.54) is 12.7 Å². The van der Waals surface area contributed by atoms with Gasteiger partial charge >= 0.3 is 0 Å². The van der Waals surface area contributed by atoms with E-state index >= 15 is 0 Å². The Morgan fingerprint density at radius 3 is 2.31 bits per heavy atom. The molecule has 0 aliphatic carbocycles. The number of benzene rings is 3. The molecule has 0 aliphatic rings. The van der Waals surface area contributed by atoms with Crippen molar-refractivity contribution < 1.29 is 17.9 Å². The van der Waals surface area contributed by atoms with Gasteiger partial charge in [0.05, 0.1) is 12.8 Å². The van der Waals surface area contributed by atoms with Crippen LogP contribution < -0.4 is 14.4 Å². The van der Waals surface area contributed by atoms with Crippen LogP contribution in [-0.4, -0.2) is 34.0 Å². The Morgan fingerprint density at radius 1 is 1.00 bits per heavy atom. The van der Waals surface area contributed by atoms with Gasteiger partial charge in [0, 0.05) is 6.04 Å². The second-order valence-corrected chi connectivity index (χ2v) is 10.5. The second-order valence-electron chi connectivity index (χ2n) is 8.68. The predicted molar refractivity (Wildman–Crippen MR) is 140 cm³/mol. The van der Waals surface area contributed by atoms with E-state index in [2.05, 4.69) is 17.4 Å². The molecule has 186 valence electrons. The van der Waals surface area contributed by atoms with Crippen LogP contribution in [0.3, 0.4) is 0 Å². The summed E-state index contributed by atoms with van der Waals surface area (Å²) in [4.78, 5) is 13.1. The molecule has 1 N–H and O–H groups in total. The molecule has 1 atom stereocenters. The zero-order valence-electron chi connectivity index (χ0n) is 20.8. The Labute approximate surface area is 209 Å². The SMILES string of the molecule is CCc1ccc(N(CC(=O)N[C@@H](C)CCc2ccccc2)S(=O)(=O)c2cc(C)ccc2OC)cc1. The number of carbonyl (C=O) groups excluding carboxylic acids is 1. The van der Waals surface area contributed by atoms with Gasteiger partial charge < -0.3 is 10.1 Å². The van der Waals surface area contributed by atoms with E-state index in [9.17, 15) is 13.2 Å². The predicted octanol–water partition coefficient (Wildman–Crippen LogP) is 4.90. The molecule has 0 heterocycles. The number of methoxy groups -OCH3 is 1. The standard InChI is InChI=1S/C28H34N2O4S/c1-5-23-14-16-25(17-15-23)30(35(32,33)27-19-21(2)11-18-26(27)34-4)20-28(31)29-22(3)12-13-24-9-7-6-8-10-24/h6-11,14-19,22H,5,12-13,20H2,1-4H3,(H,29,31)/t22-/m0/s1. The maximum Gasteiger partial charge on any atom is 0.268 e. The normalized spacial score (nSPS) is 12.1. The Bertz CT molecular complexity index is 1230. The summed E-state index contributed by atoms with van der Waals surface area (Å²) >= 11 is 0. The molecule has 3 aromatic carbocycles. The fraction of sp³-hybridized carbons (Fsp3) is 0.321. The number of sulfonamides is 1. The monoisotopic (exact) mass is 494 g/mol. The number of carbonyl (C=O) groups is 1. The lowest BCUT2D eigenvalue weighted by atomic mass is 10.1. The highest BCUT2D eigenvalue weighted by atomic mass is 32.2. The van der Waals surface area contributed by atoms with Crippen LogP contribution in [0.15, 0.2) is 77.7 Å². The number of rotatable bonds is 11.